The summed E-state index contributed by atoms with van der Waals surface area (Å²) in [7, 11) is 0. The summed E-state index contributed by atoms with van der Waals surface area (Å²) in [4.78, 5) is 0. The highest BCUT2D eigenvalue weighted by Crippen LogP contribution is 2.48. The molecule has 2 fully saturated rings. The van der Waals surface area contributed by atoms with Crippen molar-refractivity contribution in [2.75, 3.05) is 0 Å². The number of rotatable bonds is 3. The predicted octanol–water partition coefficient (Wildman–Crippen LogP) is 3.10. The quantitative estimate of drug-likeness (QED) is 0.792. The fraction of sp³-hybridized carbons (Fsp3) is 0.818. The van der Waals surface area contributed by atoms with E-state index in [1.807, 2.05) is 0 Å². The van der Waals surface area contributed by atoms with Crippen LogP contribution in [0.5, 0.6) is 0 Å². The summed E-state index contributed by atoms with van der Waals surface area (Å²) in [6.45, 7) is 2.24. The van der Waals surface area contributed by atoms with Crippen LogP contribution in [-0.4, -0.2) is 14.8 Å². The van der Waals surface area contributed by atoms with Crippen molar-refractivity contribution in [3.05, 3.63) is 11.1 Å². The molecule has 0 spiro atoms. The summed E-state index contributed by atoms with van der Waals surface area (Å²) in [6.07, 6.45) is 7.45. The molecule has 1 aromatic rings. The van der Waals surface area contributed by atoms with Gasteiger partial charge in [0.1, 0.15) is 5.82 Å². The number of hydrogen-bond acceptors (Lipinski definition) is 2. The maximum absolute atomic E-state index is 6.18. The Labute approximate surface area is 94.8 Å². The summed E-state index contributed by atoms with van der Waals surface area (Å²) >= 11 is 6.18. The minimum Gasteiger partial charge on any atom is -0.295 e. The highest BCUT2D eigenvalue weighted by molar-refractivity contribution is 6.28. The van der Waals surface area contributed by atoms with E-state index in [0.717, 1.165) is 12.2 Å². The van der Waals surface area contributed by atoms with Crippen LogP contribution in [0.4, 0.5) is 0 Å². The number of hydrogen-bond donors (Lipinski definition) is 0. The topological polar surface area (TPSA) is 30.7 Å². The van der Waals surface area contributed by atoms with Gasteiger partial charge in [0.2, 0.25) is 5.28 Å². The molecule has 1 heterocycles. The molecule has 0 atom stereocenters. The molecule has 0 aromatic carbocycles. The fourth-order valence-electron chi connectivity index (χ4n) is 2.64. The molecular formula is C11H16ClN3. The monoisotopic (exact) mass is 225 g/mol. The van der Waals surface area contributed by atoms with Crippen molar-refractivity contribution >= 4 is 11.6 Å². The molecule has 4 heteroatoms. The van der Waals surface area contributed by atoms with Gasteiger partial charge in [0.05, 0.1) is 0 Å². The lowest BCUT2D eigenvalue weighted by Gasteiger charge is -2.43. The van der Waals surface area contributed by atoms with Gasteiger partial charge < -0.3 is 0 Å². The first-order chi connectivity index (χ1) is 7.27. The summed E-state index contributed by atoms with van der Waals surface area (Å²) < 4.78 is 2.23. The average Bonchev–Trinajstić information content (AvgIpc) is 2.93. The SMILES string of the molecule is CCC1(n2c(Cl)nnc2C2CC2)CCC1. The lowest BCUT2D eigenvalue weighted by Crippen LogP contribution is -2.41. The van der Waals surface area contributed by atoms with Gasteiger partial charge in [0.25, 0.3) is 0 Å². The van der Waals surface area contributed by atoms with Crippen LogP contribution >= 0.6 is 11.6 Å². The molecule has 2 saturated carbocycles. The van der Waals surface area contributed by atoms with Crippen molar-refractivity contribution in [3.8, 4) is 0 Å². The Hall–Kier alpha value is -0.570. The molecule has 15 heavy (non-hydrogen) atoms. The van der Waals surface area contributed by atoms with E-state index < -0.39 is 0 Å². The van der Waals surface area contributed by atoms with Crippen molar-refractivity contribution in [1.82, 2.24) is 14.8 Å². The van der Waals surface area contributed by atoms with Gasteiger partial charge in [-0.1, -0.05) is 6.92 Å². The van der Waals surface area contributed by atoms with Crippen molar-refractivity contribution in [1.29, 1.82) is 0 Å². The third kappa shape index (κ3) is 1.32. The summed E-state index contributed by atoms with van der Waals surface area (Å²) in [6, 6.07) is 0. The summed E-state index contributed by atoms with van der Waals surface area (Å²) in [5.74, 6) is 1.77. The molecule has 82 valence electrons. The third-order valence-corrected chi connectivity index (χ3v) is 4.25. The van der Waals surface area contributed by atoms with E-state index in [9.17, 15) is 0 Å². The second kappa shape index (κ2) is 3.21. The Morgan fingerprint density at radius 3 is 2.60 bits per heavy atom. The smallest absolute Gasteiger partial charge is 0.225 e. The predicted molar refractivity (Wildman–Crippen MR) is 59.1 cm³/mol. The summed E-state index contributed by atoms with van der Waals surface area (Å²) in [5.41, 5.74) is 0.249. The highest BCUT2D eigenvalue weighted by atomic mass is 35.5. The van der Waals surface area contributed by atoms with Gasteiger partial charge >= 0.3 is 0 Å². The molecule has 0 unspecified atom stereocenters. The van der Waals surface area contributed by atoms with E-state index in [4.69, 9.17) is 11.6 Å². The Morgan fingerprint density at radius 2 is 2.13 bits per heavy atom. The Morgan fingerprint density at radius 1 is 1.40 bits per heavy atom. The fourth-order valence-corrected chi connectivity index (χ4v) is 2.94. The Bertz CT molecular complexity index is 372. The lowest BCUT2D eigenvalue weighted by molar-refractivity contribution is 0.132. The molecule has 0 aliphatic heterocycles. The Kier molecular flexibility index (Phi) is 2.06. The van der Waals surface area contributed by atoms with Crippen LogP contribution in [0, 0.1) is 0 Å². The third-order valence-electron chi connectivity index (χ3n) is 4.01. The van der Waals surface area contributed by atoms with Crippen LogP contribution < -0.4 is 0 Å². The van der Waals surface area contributed by atoms with E-state index in [0.29, 0.717) is 11.2 Å². The summed E-state index contributed by atoms with van der Waals surface area (Å²) in [5, 5.41) is 8.90. The normalized spacial score (nSPS) is 23.9. The molecule has 2 aliphatic carbocycles. The molecule has 0 radical (unpaired) electrons. The minimum absolute atomic E-state index is 0.249. The highest BCUT2D eigenvalue weighted by Gasteiger charge is 2.43. The molecule has 2 aliphatic rings. The van der Waals surface area contributed by atoms with E-state index in [-0.39, 0.29) is 5.54 Å². The zero-order valence-electron chi connectivity index (χ0n) is 9.04. The maximum atomic E-state index is 6.18. The van der Waals surface area contributed by atoms with Gasteiger partial charge in [-0.3, -0.25) is 4.57 Å². The van der Waals surface area contributed by atoms with Gasteiger partial charge in [0, 0.05) is 11.5 Å². The molecule has 3 nitrogen and oxygen atoms in total. The van der Waals surface area contributed by atoms with Gasteiger partial charge in [-0.05, 0) is 50.1 Å². The van der Waals surface area contributed by atoms with Crippen LogP contribution in [-0.2, 0) is 5.54 Å². The van der Waals surface area contributed by atoms with Gasteiger partial charge in [-0.15, -0.1) is 10.2 Å². The number of nitrogens with zero attached hydrogens (tertiary/aromatic N) is 3. The lowest BCUT2D eigenvalue weighted by atomic mass is 9.74. The molecular weight excluding hydrogens is 210 g/mol. The molecule has 1 aromatic heterocycles. The molecule has 0 bridgehead atoms. The van der Waals surface area contributed by atoms with Crippen LogP contribution in [0.25, 0.3) is 0 Å². The largest absolute Gasteiger partial charge is 0.295 e. The van der Waals surface area contributed by atoms with Gasteiger partial charge in [-0.2, -0.15) is 0 Å². The second-order valence-corrected chi connectivity index (χ2v) is 5.21. The van der Waals surface area contributed by atoms with E-state index >= 15 is 0 Å². The van der Waals surface area contributed by atoms with Crippen LogP contribution in [0.2, 0.25) is 5.28 Å². The standard InChI is InChI=1S/C11H16ClN3/c1-2-11(6-3-7-11)15-9(8-4-5-8)13-14-10(15)12/h8H,2-7H2,1H3. The number of halogens is 1. The Balaban J connectivity index is 2.04. The van der Waals surface area contributed by atoms with E-state index in [1.165, 1.54) is 32.1 Å². The second-order valence-electron chi connectivity index (χ2n) is 4.87. The number of aromatic nitrogens is 3. The zero-order valence-corrected chi connectivity index (χ0v) is 9.80. The first-order valence-corrected chi connectivity index (χ1v) is 6.26. The van der Waals surface area contributed by atoms with Gasteiger partial charge in [0.15, 0.2) is 0 Å². The van der Waals surface area contributed by atoms with Crippen LogP contribution in [0.15, 0.2) is 0 Å². The minimum atomic E-state index is 0.249. The van der Waals surface area contributed by atoms with Crippen molar-refractivity contribution in [2.24, 2.45) is 0 Å². The molecule has 0 saturated heterocycles. The van der Waals surface area contributed by atoms with Crippen LogP contribution in [0.1, 0.15) is 57.2 Å². The van der Waals surface area contributed by atoms with Gasteiger partial charge in [-0.25, -0.2) is 0 Å². The van der Waals surface area contributed by atoms with Crippen molar-refractivity contribution in [3.63, 3.8) is 0 Å². The molecule has 0 N–H and O–H groups in total. The maximum Gasteiger partial charge on any atom is 0.225 e. The van der Waals surface area contributed by atoms with Crippen LogP contribution in [0.3, 0.4) is 0 Å². The molecule has 0 amide bonds. The zero-order chi connectivity index (χ0) is 10.5. The van der Waals surface area contributed by atoms with E-state index in [2.05, 4.69) is 21.7 Å². The van der Waals surface area contributed by atoms with E-state index in [1.54, 1.807) is 0 Å². The molecule has 3 rings (SSSR count). The van der Waals surface area contributed by atoms with Crippen molar-refractivity contribution < 1.29 is 0 Å². The van der Waals surface area contributed by atoms with Crippen molar-refractivity contribution in [2.45, 2.75) is 56.9 Å². The first-order valence-electron chi connectivity index (χ1n) is 5.88. The average molecular weight is 226 g/mol. The first kappa shape index (κ1) is 9.64.